The molecular formula is C42H35BrIN3O3S. The smallest absolute Gasteiger partial charge is 0.264 e. The summed E-state index contributed by atoms with van der Waals surface area (Å²) in [6.45, 7) is 2.49. The predicted molar refractivity (Wildman–Crippen MR) is 219 cm³/mol. The molecule has 51 heavy (non-hydrogen) atoms. The van der Waals surface area contributed by atoms with Crippen molar-refractivity contribution in [3.63, 3.8) is 0 Å². The molecule has 3 aliphatic rings. The molecule has 0 radical (unpaired) electrons. The third kappa shape index (κ3) is 7.21. The largest absolute Gasteiger partial charge is 0.493 e. The number of ether oxygens (including phenoxy) is 2. The third-order valence-electron chi connectivity index (χ3n) is 9.73. The summed E-state index contributed by atoms with van der Waals surface area (Å²) in [6, 6.07) is 38.1. The van der Waals surface area contributed by atoms with E-state index in [9.17, 15) is 4.79 Å². The maximum absolute atomic E-state index is 13.3. The molecule has 5 aromatic rings. The summed E-state index contributed by atoms with van der Waals surface area (Å²) in [7, 11) is 1.63. The zero-order valence-corrected chi connectivity index (χ0v) is 32.5. The van der Waals surface area contributed by atoms with Crippen LogP contribution in [0.2, 0.25) is 0 Å². The topological polar surface area (TPSA) is 63.2 Å². The van der Waals surface area contributed by atoms with Crippen LogP contribution in [-0.4, -0.2) is 31.3 Å². The van der Waals surface area contributed by atoms with E-state index >= 15 is 0 Å². The number of hydrogen-bond donors (Lipinski definition) is 1. The van der Waals surface area contributed by atoms with Gasteiger partial charge in [-0.3, -0.25) is 4.79 Å². The molecule has 3 aliphatic heterocycles. The molecule has 1 fully saturated rings. The molecule has 8 rings (SSSR count). The fourth-order valence-corrected chi connectivity index (χ4v) is 9.24. The van der Waals surface area contributed by atoms with Crippen molar-refractivity contribution in [2.45, 2.75) is 31.3 Å². The Labute approximate surface area is 324 Å². The van der Waals surface area contributed by atoms with Crippen LogP contribution in [-0.2, 0) is 11.4 Å². The van der Waals surface area contributed by atoms with Crippen LogP contribution in [0.3, 0.4) is 0 Å². The van der Waals surface area contributed by atoms with Crippen LogP contribution in [0, 0.1) is 3.57 Å². The van der Waals surface area contributed by atoms with Gasteiger partial charge in [0.25, 0.3) is 5.91 Å². The van der Waals surface area contributed by atoms with Crippen LogP contribution in [0.15, 0.2) is 124 Å². The molecule has 2 atom stereocenters. The van der Waals surface area contributed by atoms with Crippen LogP contribution >= 0.6 is 50.3 Å². The second kappa shape index (κ2) is 14.9. The van der Waals surface area contributed by atoms with Gasteiger partial charge in [0.15, 0.2) is 16.7 Å². The van der Waals surface area contributed by atoms with E-state index in [0.29, 0.717) is 28.2 Å². The molecule has 1 N–H and O–H groups in total. The molecule has 256 valence electrons. The van der Waals surface area contributed by atoms with Crippen LogP contribution in [0.1, 0.15) is 58.1 Å². The van der Waals surface area contributed by atoms with E-state index in [0.717, 1.165) is 50.8 Å². The van der Waals surface area contributed by atoms with Crippen LogP contribution in [0.25, 0.3) is 6.08 Å². The van der Waals surface area contributed by atoms with Gasteiger partial charge in [-0.1, -0.05) is 88.7 Å². The van der Waals surface area contributed by atoms with Crippen molar-refractivity contribution >= 4 is 78.8 Å². The molecule has 1 saturated heterocycles. The van der Waals surface area contributed by atoms with Gasteiger partial charge in [0, 0.05) is 35.1 Å². The van der Waals surface area contributed by atoms with Crippen molar-refractivity contribution in [2.24, 2.45) is 4.99 Å². The van der Waals surface area contributed by atoms with E-state index in [-0.39, 0.29) is 17.7 Å². The van der Waals surface area contributed by atoms with Crippen molar-refractivity contribution < 1.29 is 14.3 Å². The Morgan fingerprint density at radius 3 is 2.14 bits per heavy atom. The number of thioether (sulfide) groups is 1. The number of nitrogens with zero attached hydrogens (tertiary/aromatic N) is 2. The Morgan fingerprint density at radius 1 is 0.902 bits per heavy atom. The van der Waals surface area contributed by atoms with Gasteiger partial charge in [-0.25, -0.2) is 4.99 Å². The number of amidine groups is 1. The minimum atomic E-state index is -0.168. The zero-order valence-electron chi connectivity index (χ0n) is 27.9. The second-order valence-electron chi connectivity index (χ2n) is 12.9. The van der Waals surface area contributed by atoms with Gasteiger partial charge in [-0.15, -0.1) is 0 Å². The van der Waals surface area contributed by atoms with E-state index in [1.165, 1.54) is 39.7 Å². The Hall–Kier alpha value is -4.06. The summed E-state index contributed by atoms with van der Waals surface area (Å²) in [4.78, 5) is 21.5. The lowest BCUT2D eigenvalue weighted by Crippen LogP contribution is -2.37. The first kappa shape index (κ1) is 34.0. The molecule has 0 bridgehead atoms. The molecule has 9 heteroatoms. The molecular weight excluding hydrogens is 833 g/mol. The molecule has 0 unspecified atom stereocenters. The van der Waals surface area contributed by atoms with Gasteiger partial charge >= 0.3 is 0 Å². The number of aliphatic imine (C=N–C) groups is 1. The average molecular weight is 869 g/mol. The molecule has 0 aliphatic carbocycles. The average Bonchev–Trinajstić information content (AvgIpc) is 3.49. The van der Waals surface area contributed by atoms with Crippen molar-refractivity contribution in [1.29, 1.82) is 0 Å². The Morgan fingerprint density at radius 2 is 1.53 bits per heavy atom. The Balaban J connectivity index is 1.11. The van der Waals surface area contributed by atoms with Gasteiger partial charge in [-0.05, 0) is 123 Å². The quantitative estimate of drug-likeness (QED) is 0.124. The second-order valence-corrected chi connectivity index (χ2v) is 16.0. The monoisotopic (exact) mass is 867 g/mol. The summed E-state index contributed by atoms with van der Waals surface area (Å²) in [6.07, 6.45) is 4.00. The van der Waals surface area contributed by atoms with E-state index < -0.39 is 0 Å². The first-order valence-electron chi connectivity index (χ1n) is 17.0. The summed E-state index contributed by atoms with van der Waals surface area (Å²) >= 11 is 7.10. The molecule has 0 aromatic heterocycles. The van der Waals surface area contributed by atoms with Crippen LogP contribution in [0.5, 0.6) is 11.5 Å². The van der Waals surface area contributed by atoms with Gasteiger partial charge in [0.1, 0.15) is 6.61 Å². The van der Waals surface area contributed by atoms with Crippen LogP contribution in [0.4, 0.5) is 11.4 Å². The third-order valence-corrected chi connectivity index (χ3v) is 12.0. The Bertz CT molecular complexity index is 2090. The number of methoxy groups -OCH3 is 1. The molecule has 1 amide bonds. The molecule has 0 saturated carbocycles. The van der Waals surface area contributed by atoms with E-state index in [2.05, 4.69) is 122 Å². The number of benzene rings is 5. The lowest BCUT2D eigenvalue weighted by molar-refractivity contribution is -0.115. The number of nitrogens with one attached hydrogen (secondary N) is 1. The summed E-state index contributed by atoms with van der Waals surface area (Å²) in [5.74, 6) is 1.68. The summed E-state index contributed by atoms with van der Waals surface area (Å²) in [5, 5.41) is 3.60. The minimum absolute atomic E-state index is 0.168. The van der Waals surface area contributed by atoms with Gasteiger partial charge in [0.2, 0.25) is 0 Å². The highest BCUT2D eigenvalue weighted by Gasteiger charge is 2.35. The maximum Gasteiger partial charge on any atom is 0.264 e. The summed E-state index contributed by atoms with van der Waals surface area (Å²) in [5.41, 5.74) is 9.42. The molecule has 0 spiro atoms. The van der Waals surface area contributed by atoms with E-state index in [1.54, 1.807) is 7.11 Å². The normalized spacial score (nSPS) is 19.6. The Kier molecular flexibility index (Phi) is 9.94. The number of halogens is 2. The first-order chi connectivity index (χ1) is 24.9. The van der Waals surface area contributed by atoms with Crippen molar-refractivity contribution in [2.75, 3.05) is 25.1 Å². The number of rotatable bonds is 8. The number of carbonyl (C=O) groups is 1. The molecule has 3 heterocycles. The standard InChI is InChI=1S/C42H35BrIN3O3S/c1-49-37-21-27(20-36(44)40(37)50-25-26-12-14-30(43)15-13-26)22-38-41(48)46-42(51-38)45-31-23-34-32(28-8-4-2-5-9-28)16-18-47-19-17-33(35(24-31)39(34)47)29-10-6-3-7-11-29/h2-15,20-24,32-33H,16-19,25H2,1H3,(H,45,46,48)/b38-22-/t32-,33+. The van der Waals surface area contributed by atoms with Crippen molar-refractivity contribution in [3.05, 3.63) is 156 Å². The predicted octanol–water partition coefficient (Wildman–Crippen LogP) is 10.4. The fourth-order valence-electron chi connectivity index (χ4n) is 7.35. The van der Waals surface area contributed by atoms with Gasteiger partial charge in [0.05, 0.1) is 21.3 Å². The maximum atomic E-state index is 13.3. The lowest BCUT2D eigenvalue weighted by atomic mass is 9.76. The van der Waals surface area contributed by atoms with Gasteiger partial charge in [-0.2, -0.15) is 0 Å². The highest BCUT2D eigenvalue weighted by atomic mass is 127. The number of amides is 1. The molecule has 5 aromatic carbocycles. The zero-order chi connectivity index (χ0) is 34.9. The number of carbonyl (C=O) groups excluding carboxylic acids is 1. The minimum Gasteiger partial charge on any atom is -0.493 e. The number of anilines is 1. The SMILES string of the molecule is COc1cc(/C=C2\SC(=Nc3cc4c5c(c3)[C@H](c3ccccc3)CCN5CC[C@@H]4c3ccccc3)NC2=O)cc(I)c1OCc1ccc(Br)cc1. The van der Waals surface area contributed by atoms with E-state index in [1.807, 2.05) is 42.5 Å². The van der Waals surface area contributed by atoms with E-state index in [4.69, 9.17) is 14.5 Å². The van der Waals surface area contributed by atoms with Crippen molar-refractivity contribution in [3.8, 4) is 11.5 Å². The van der Waals surface area contributed by atoms with Crippen molar-refractivity contribution in [1.82, 2.24) is 5.32 Å². The van der Waals surface area contributed by atoms with Gasteiger partial charge < -0.3 is 19.7 Å². The molecule has 6 nitrogen and oxygen atoms in total. The lowest BCUT2D eigenvalue weighted by Gasteiger charge is -2.43. The number of hydrogen-bond acceptors (Lipinski definition) is 6. The highest BCUT2D eigenvalue weighted by molar-refractivity contribution is 14.1. The highest BCUT2D eigenvalue weighted by Crippen LogP contribution is 2.50. The summed E-state index contributed by atoms with van der Waals surface area (Å²) < 4.78 is 13.8. The van der Waals surface area contributed by atoms with Crippen LogP contribution < -0.4 is 19.7 Å². The fraction of sp³-hybridized carbons (Fsp3) is 0.190. The first-order valence-corrected chi connectivity index (χ1v) is 19.7.